The Morgan fingerprint density at radius 3 is 2.05 bits per heavy atom. The Labute approximate surface area is 124 Å². The molecular weight excluding hydrogens is 270 g/mol. The van der Waals surface area contributed by atoms with Crippen molar-refractivity contribution in [2.24, 2.45) is 5.92 Å². The minimum absolute atomic E-state index is 0.0546. The maximum Gasteiger partial charge on any atom is 0.154 e. The zero-order valence-electron chi connectivity index (χ0n) is 12.9. The van der Waals surface area contributed by atoms with Crippen LogP contribution in [-0.4, -0.2) is 32.0 Å². The molecule has 4 heteroatoms. The molecule has 0 heterocycles. The summed E-state index contributed by atoms with van der Waals surface area (Å²) < 4.78 is 25.3. The van der Waals surface area contributed by atoms with Crippen LogP contribution in [0.4, 0.5) is 0 Å². The van der Waals surface area contributed by atoms with Crippen molar-refractivity contribution < 1.29 is 8.42 Å². The number of hydrogen-bond acceptors (Lipinski definition) is 3. The Kier molecular flexibility index (Phi) is 6.34. The van der Waals surface area contributed by atoms with Gasteiger partial charge in [0.1, 0.15) is 0 Å². The van der Waals surface area contributed by atoms with E-state index in [0.717, 1.165) is 32.2 Å². The van der Waals surface area contributed by atoms with Crippen molar-refractivity contribution >= 4 is 9.84 Å². The van der Waals surface area contributed by atoms with E-state index in [2.05, 4.69) is 12.2 Å². The summed E-state index contributed by atoms with van der Waals surface area (Å²) in [6, 6.07) is 0.187. The van der Waals surface area contributed by atoms with E-state index in [9.17, 15) is 8.42 Å². The molecule has 2 saturated carbocycles. The van der Waals surface area contributed by atoms with E-state index >= 15 is 0 Å². The van der Waals surface area contributed by atoms with Crippen LogP contribution in [0, 0.1) is 5.92 Å². The monoisotopic (exact) mass is 301 g/mol. The van der Waals surface area contributed by atoms with Crippen LogP contribution >= 0.6 is 0 Å². The Morgan fingerprint density at radius 2 is 1.50 bits per heavy atom. The lowest BCUT2D eigenvalue weighted by Gasteiger charge is -2.32. The lowest BCUT2D eigenvalue weighted by molar-refractivity contribution is 0.285. The normalized spacial score (nSPS) is 24.6. The van der Waals surface area contributed by atoms with Crippen molar-refractivity contribution in [1.29, 1.82) is 0 Å². The van der Waals surface area contributed by atoms with Crippen molar-refractivity contribution in [3.05, 3.63) is 0 Å². The SMILES string of the molecule is CCNC(CS(=O)(=O)C1CCCCC1)C1CCCCC1. The number of nitrogens with one attached hydrogen (secondary N) is 1. The van der Waals surface area contributed by atoms with Crippen molar-refractivity contribution in [2.75, 3.05) is 12.3 Å². The smallest absolute Gasteiger partial charge is 0.154 e. The molecule has 2 rings (SSSR count). The predicted octanol–water partition coefficient (Wildman–Crippen LogP) is 3.29. The summed E-state index contributed by atoms with van der Waals surface area (Å²) in [6.45, 7) is 2.96. The van der Waals surface area contributed by atoms with Crippen LogP contribution < -0.4 is 5.32 Å². The van der Waals surface area contributed by atoms with Gasteiger partial charge in [-0.1, -0.05) is 45.4 Å². The van der Waals surface area contributed by atoms with E-state index in [1.165, 1.54) is 38.5 Å². The van der Waals surface area contributed by atoms with Gasteiger partial charge in [-0.2, -0.15) is 0 Å². The summed E-state index contributed by atoms with van der Waals surface area (Å²) in [5, 5.41) is 3.41. The van der Waals surface area contributed by atoms with E-state index in [-0.39, 0.29) is 11.3 Å². The molecule has 0 aromatic heterocycles. The Balaban J connectivity index is 1.98. The molecule has 0 aromatic carbocycles. The molecule has 3 nitrogen and oxygen atoms in total. The third-order valence-corrected chi connectivity index (χ3v) is 7.47. The maximum absolute atomic E-state index is 12.7. The van der Waals surface area contributed by atoms with Gasteiger partial charge in [-0.25, -0.2) is 8.42 Å². The highest BCUT2D eigenvalue weighted by Gasteiger charge is 2.33. The molecule has 0 aromatic rings. The molecular formula is C16H31NO2S. The number of rotatable bonds is 6. The average molecular weight is 301 g/mol. The van der Waals surface area contributed by atoms with Gasteiger partial charge in [0, 0.05) is 6.04 Å². The maximum atomic E-state index is 12.7. The standard InChI is InChI=1S/C16H31NO2S/c1-2-17-16(14-9-5-3-6-10-14)13-20(18,19)15-11-7-4-8-12-15/h14-17H,2-13H2,1H3. The molecule has 0 radical (unpaired) electrons. The van der Waals surface area contributed by atoms with Gasteiger partial charge in [0.05, 0.1) is 11.0 Å². The van der Waals surface area contributed by atoms with Gasteiger partial charge in [0.25, 0.3) is 0 Å². The largest absolute Gasteiger partial charge is 0.313 e. The second-order valence-corrected chi connectivity index (χ2v) is 8.98. The fourth-order valence-corrected chi connectivity index (χ4v) is 6.19. The van der Waals surface area contributed by atoms with Crippen LogP contribution in [0.1, 0.15) is 71.1 Å². The van der Waals surface area contributed by atoms with Crippen LogP contribution in [0.5, 0.6) is 0 Å². The second kappa shape index (κ2) is 7.79. The summed E-state index contributed by atoms with van der Waals surface area (Å²) in [4.78, 5) is 0. The molecule has 0 aliphatic heterocycles. The van der Waals surface area contributed by atoms with E-state index in [1.54, 1.807) is 0 Å². The molecule has 2 aliphatic rings. The van der Waals surface area contributed by atoms with Crippen molar-refractivity contribution in [2.45, 2.75) is 82.4 Å². The molecule has 118 valence electrons. The zero-order chi connectivity index (χ0) is 14.4. The fourth-order valence-electron chi connectivity index (χ4n) is 3.97. The molecule has 0 amide bonds. The van der Waals surface area contributed by atoms with Crippen LogP contribution in [0.15, 0.2) is 0 Å². The molecule has 2 aliphatic carbocycles. The van der Waals surface area contributed by atoms with Crippen molar-refractivity contribution in [1.82, 2.24) is 5.32 Å². The Bertz CT molecular complexity index is 368. The molecule has 1 unspecified atom stereocenters. The topological polar surface area (TPSA) is 46.2 Å². The Hall–Kier alpha value is -0.0900. The highest BCUT2D eigenvalue weighted by molar-refractivity contribution is 7.92. The lowest BCUT2D eigenvalue weighted by atomic mass is 9.84. The quantitative estimate of drug-likeness (QED) is 0.819. The Morgan fingerprint density at radius 1 is 0.950 bits per heavy atom. The highest BCUT2D eigenvalue weighted by Crippen LogP contribution is 2.30. The molecule has 2 fully saturated rings. The molecule has 1 N–H and O–H groups in total. The summed E-state index contributed by atoms with van der Waals surface area (Å²) >= 11 is 0. The fraction of sp³-hybridized carbons (Fsp3) is 1.00. The second-order valence-electron chi connectivity index (χ2n) is 6.65. The van der Waals surface area contributed by atoms with Crippen molar-refractivity contribution in [3.8, 4) is 0 Å². The summed E-state index contributed by atoms with van der Waals surface area (Å²) in [5.41, 5.74) is 0. The van der Waals surface area contributed by atoms with Gasteiger partial charge in [0.2, 0.25) is 0 Å². The van der Waals surface area contributed by atoms with Crippen LogP contribution in [0.25, 0.3) is 0 Å². The van der Waals surface area contributed by atoms with Gasteiger partial charge in [0.15, 0.2) is 9.84 Å². The third kappa shape index (κ3) is 4.45. The van der Waals surface area contributed by atoms with Crippen LogP contribution in [0.2, 0.25) is 0 Å². The minimum Gasteiger partial charge on any atom is -0.313 e. The molecule has 1 atom stereocenters. The van der Waals surface area contributed by atoms with E-state index in [0.29, 0.717) is 11.7 Å². The van der Waals surface area contributed by atoms with E-state index < -0.39 is 9.84 Å². The third-order valence-electron chi connectivity index (χ3n) is 5.16. The number of sulfone groups is 1. The van der Waals surface area contributed by atoms with Gasteiger partial charge in [-0.3, -0.25) is 0 Å². The highest BCUT2D eigenvalue weighted by atomic mass is 32.2. The average Bonchev–Trinajstić information content (AvgIpc) is 2.48. The van der Waals surface area contributed by atoms with Gasteiger partial charge >= 0.3 is 0 Å². The first kappa shape index (κ1) is 16.3. The zero-order valence-corrected chi connectivity index (χ0v) is 13.8. The first-order valence-electron chi connectivity index (χ1n) is 8.58. The first-order chi connectivity index (χ1) is 9.63. The van der Waals surface area contributed by atoms with Crippen LogP contribution in [-0.2, 0) is 9.84 Å². The first-order valence-corrected chi connectivity index (χ1v) is 10.3. The lowest BCUT2D eigenvalue weighted by Crippen LogP contribution is -2.44. The van der Waals surface area contributed by atoms with E-state index in [1.807, 2.05) is 0 Å². The summed E-state index contributed by atoms with van der Waals surface area (Å²) in [5.74, 6) is 0.943. The molecule has 0 saturated heterocycles. The van der Waals surface area contributed by atoms with Gasteiger partial charge in [-0.05, 0) is 38.1 Å². The summed E-state index contributed by atoms with van der Waals surface area (Å²) in [6.07, 6.45) is 11.5. The van der Waals surface area contributed by atoms with Gasteiger partial charge < -0.3 is 5.32 Å². The number of hydrogen-bond donors (Lipinski definition) is 1. The minimum atomic E-state index is -2.92. The van der Waals surface area contributed by atoms with E-state index in [4.69, 9.17) is 0 Å². The van der Waals surface area contributed by atoms with Crippen LogP contribution in [0.3, 0.4) is 0 Å². The molecule has 0 bridgehead atoms. The molecule has 0 spiro atoms. The van der Waals surface area contributed by atoms with Crippen molar-refractivity contribution in [3.63, 3.8) is 0 Å². The predicted molar refractivity (Wildman–Crippen MR) is 84.7 cm³/mol. The summed E-state index contributed by atoms with van der Waals surface area (Å²) in [7, 11) is -2.92. The van der Waals surface area contributed by atoms with Gasteiger partial charge in [-0.15, -0.1) is 0 Å². The molecule has 20 heavy (non-hydrogen) atoms.